The fourth-order valence-corrected chi connectivity index (χ4v) is 3.17. The normalized spacial score (nSPS) is 17.3. The number of esters is 1. The van der Waals surface area contributed by atoms with Crippen LogP contribution < -0.4 is 15.4 Å². The number of para-hydroxylation sites is 2. The maximum absolute atomic E-state index is 12.5. The molecule has 2 N–H and O–H groups in total. The average Bonchev–Trinajstić information content (AvgIpc) is 2.82. The quantitative estimate of drug-likeness (QED) is 0.455. The minimum absolute atomic E-state index is 0.176. The third-order valence-electron chi connectivity index (χ3n) is 4.69. The molecule has 0 radical (unpaired) electrons. The van der Waals surface area contributed by atoms with Crippen LogP contribution >= 0.6 is 0 Å². The monoisotopic (exact) mass is 376 g/mol. The smallest absolute Gasteiger partial charge is 0.323 e. The lowest BCUT2D eigenvalue weighted by atomic mass is 10.0. The average molecular weight is 376 g/mol. The molecule has 1 amide bonds. The van der Waals surface area contributed by atoms with Crippen molar-refractivity contribution in [3.8, 4) is 5.75 Å². The van der Waals surface area contributed by atoms with Crippen molar-refractivity contribution in [3.05, 3.63) is 24.3 Å². The second-order valence-electron chi connectivity index (χ2n) is 6.88. The van der Waals surface area contributed by atoms with Gasteiger partial charge < -0.3 is 14.8 Å². The second-order valence-corrected chi connectivity index (χ2v) is 6.88. The first kappa shape index (κ1) is 21.2. The number of rotatable bonds is 11. The molecular formula is C21H32N2O4. The number of amides is 1. The van der Waals surface area contributed by atoms with Gasteiger partial charge in [-0.1, -0.05) is 57.6 Å². The van der Waals surface area contributed by atoms with Crippen LogP contribution in [-0.2, 0) is 14.3 Å². The highest BCUT2D eigenvalue weighted by atomic mass is 16.5. The second kappa shape index (κ2) is 11.6. The summed E-state index contributed by atoms with van der Waals surface area (Å²) < 4.78 is 10.9. The number of hydrogen-bond donors (Lipinski definition) is 2. The zero-order valence-electron chi connectivity index (χ0n) is 16.5. The van der Waals surface area contributed by atoms with E-state index in [0.717, 1.165) is 12.8 Å². The van der Waals surface area contributed by atoms with Gasteiger partial charge in [0.25, 0.3) is 0 Å². The molecule has 1 aliphatic rings. The molecule has 27 heavy (non-hydrogen) atoms. The van der Waals surface area contributed by atoms with Crippen LogP contribution in [0.5, 0.6) is 5.75 Å². The van der Waals surface area contributed by atoms with Crippen molar-refractivity contribution in [2.45, 2.75) is 70.9 Å². The van der Waals surface area contributed by atoms with Gasteiger partial charge in [-0.25, -0.2) is 0 Å². The van der Waals surface area contributed by atoms with Crippen molar-refractivity contribution in [1.82, 2.24) is 5.32 Å². The van der Waals surface area contributed by atoms with Crippen molar-refractivity contribution in [3.63, 3.8) is 0 Å². The molecule has 150 valence electrons. The standard InChI is InChI=1S/C21H32N2O4/c1-3-5-6-7-8-9-13-17(21(25)26-4-2)22-18-15-27-19-14-11-10-12-16(19)23-20(18)24/h10-12,14,17-18,22H,3-9,13,15H2,1-2H3,(H,23,24)/t17?,18-/m0/s1. The molecule has 1 aliphatic heterocycles. The van der Waals surface area contributed by atoms with Crippen LogP contribution in [0.2, 0.25) is 0 Å². The van der Waals surface area contributed by atoms with Crippen LogP contribution in [0, 0.1) is 0 Å². The molecular weight excluding hydrogens is 344 g/mol. The fourth-order valence-electron chi connectivity index (χ4n) is 3.17. The van der Waals surface area contributed by atoms with E-state index in [1.54, 1.807) is 13.0 Å². The maximum atomic E-state index is 12.5. The number of benzene rings is 1. The first-order valence-corrected chi connectivity index (χ1v) is 10.1. The highest BCUT2D eigenvalue weighted by Gasteiger charge is 2.30. The van der Waals surface area contributed by atoms with Gasteiger partial charge >= 0.3 is 5.97 Å². The summed E-state index contributed by atoms with van der Waals surface area (Å²) in [6.45, 7) is 4.48. The number of carbonyl (C=O) groups excluding carboxylic acids is 2. The van der Waals surface area contributed by atoms with Crippen LogP contribution in [-0.4, -0.2) is 37.2 Å². The molecule has 0 fully saturated rings. The highest BCUT2D eigenvalue weighted by molar-refractivity contribution is 5.97. The Morgan fingerprint density at radius 3 is 2.74 bits per heavy atom. The van der Waals surface area contributed by atoms with E-state index in [-0.39, 0.29) is 18.5 Å². The van der Waals surface area contributed by atoms with Crippen molar-refractivity contribution in [1.29, 1.82) is 0 Å². The van der Waals surface area contributed by atoms with E-state index in [1.807, 2.05) is 18.2 Å². The number of carbonyl (C=O) groups is 2. The molecule has 2 rings (SSSR count). The molecule has 1 unspecified atom stereocenters. The third-order valence-corrected chi connectivity index (χ3v) is 4.69. The van der Waals surface area contributed by atoms with Gasteiger partial charge in [-0.3, -0.25) is 14.9 Å². The van der Waals surface area contributed by atoms with Gasteiger partial charge in [0.05, 0.1) is 12.3 Å². The van der Waals surface area contributed by atoms with Crippen molar-refractivity contribution >= 4 is 17.6 Å². The highest BCUT2D eigenvalue weighted by Crippen LogP contribution is 2.26. The number of anilines is 1. The van der Waals surface area contributed by atoms with Crippen molar-refractivity contribution in [2.75, 3.05) is 18.5 Å². The Labute approximate surface area is 162 Å². The topological polar surface area (TPSA) is 76.7 Å². The first-order chi connectivity index (χ1) is 13.2. The summed E-state index contributed by atoms with van der Waals surface area (Å²) in [6.07, 6.45) is 7.52. The summed E-state index contributed by atoms with van der Waals surface area (Å²) in [7, 11) is 0. The van der Waals surface area contributed by atoms with E-state index >= 15 is 0 Å². The van der Waals surface area contributed by atoms with Crippen molar-refractivity contribution < 1.29 is 19.1 Å². The molecule has 6 heteroatoms. The van der Waals surface area contributed by atoms with Crippen LogP contribution in [0.4, 0.5) is 5.69 Å². The Morgan fingerprint density at radius 2 is 1.96 bits per heavy atom. The summed E-state index contributed by atoms with van der Waals surface area (Å²) >= 11 is 0. The Morgan fingerprint density at radius 1 is 1.22 bits per heavy atom. The summed E-state index contributed by atoms with van der Waals surface area (Å²) in [5, 5.41) is 6.02. The Bertz CT molecular complexity index is 606. The Kier molecular flexibility index (Phi) is 9.11. The van der Waals surface area contributed by atoms with Gasteiger partial charge in [0.15, 0.2) is 0 Å². The van der Waals surface area contributed by atoms with Gasteiger partial charge in [0, 0.05) is 0 Å². The van der Waals surface area contributed by atoms with Gasteiger partial charge in [-0.05, 0) is 25.5 Å². The van der Waals surface area contributed by atoms with Crippen LogP contribution in [0.15, 0.2) is 24.3 Å². The van der Waals surface area contributed by atoms with Gasteiger partial charge in [0.2, 0.25) is 5.91 Å². The first-order valence-electron chi connectivity index (χ1n) is 10.1. The molecule has 1 aromatic carbocycles. The summed E-state index contributed by atoms with van der Waals surface area (Å²) in [5.41, 5.74) is 0.649. The van der Waals surface area contributed by atoms with Gasteiger partial charge in [-0.2, -0.15) is 0 Å². The molecule has 1 aromatic rings. The zero-order chi connectivity index (χ0) is 19.5. The van der Waals surface area contributed by atoms with Gasteiger partial charge in [0.1, 0.15) is 24.4 Å². The van der Waals surface area contributed by atoms with E-state index in [1.165, 1.54) is 25.7 Å². The lowest BCUT2D eigenvalue weighted by Gasteiger charge is -2.22. The van der Waals surface area contributed by atoms with E-state index in [0.29, 0.717) is 24.5 Å². The number of hydrogen-bond acceptors (Lipinski definition) is 5. The number of ether oxygens (including phenoxy) is 2. The summed E-state index contributed by atoms with van der Waals surface area (Å²) in [6, 6.07) is 6.21. The number of fused-ring (bicyclic) bond motifs is 1. The molecule has 0 saturated heterocycles. The molecule has 0 aliphatic carbocycles. The zero-order valence-corrected chi connectivity index (χ0v) is 16.5. The van der Waals surface area contributed by atoms with Crippen LogP contribution in [0.1, 0.15) is 58.8 Å². The Balaban J connectivity index is 1.91. The minimum Gasteiger partial charge on any atom is -0.489 e. The molecule has 0 saturated carbocycles. The predicted molar refractivity (Wildman–Crippen MR) is 106 cm³/mol. The largest absolute Gasteiger partial charge is 0.489 e. The summed E-state index contributed by atoms with van der Waals surface area (Å²) in [4.78, 5) is 24.9. The van der Waals surface area contributed by atoms with Crippen LogP contribution in [0.3, 0.4) is 0 Å². The lowest BCUT2D eigenvalue weighted by Crippen LogP contribution is -2.51. The van der Waals surface area contributed by atoms with E-state index < -0.39 is 12.1 Å². The predicted octanol–water partition coefficient (Wildman–Crippen LogP) is 3.66. The van der Waals surface area contributed by atoms with Crippen molar-refractivity contribution in [2.24, 2.45) is 0 Å². The third kappa shape index (κ3) is 6.86. The number of unbranched alkanes of at least 4 members (excludes halogenated alkanes) is 5. The molecule has 1 heterocycles. The van der Waals surface area contributed by atoms with E-state index in [4.69, 9.17) is 9.47 Å². The van der Waals surface area contributed by atoms with Gasteiger partial charge in [-0.15, -0.1) is 0 Å². The summed E-state index contributed by atoms with van der Waals surface area (Å²) in [5.74, 6) is 0.136. The van der Waals surface area contributed by atoms with E-state index in [9.17, 15) is 9.59 Å². The molecule has 0 spiro atoms. The van der Waals surface area contributed by atoms with Crippen LogP contribution in [0.25, 0.3) is 0 Å². The Hall–Kier alpha value is -2.08. The molecule has 0 bridgehead atoms. The molecule has 6 nitrogen and oxygen atoms in total. The SMILES string of the molecule is CCCCCCCCC(N[C@H]1COc2ccccc2NC1=O)C(=O)OCC. The lowest BCUT2D eigenvalue weighted by molar-refractivity contribution is -0.146. The maximum Gasteiger partial charge on any atom is 0.323 e. The van der Waals surface area contributed by atoms with E-state index in [2.05, 4.69) is 17.6 Å². The fraction of sp³-hybridized carbons (Fsp3) is 0.619. The molecule has 0 aromatic heterocycles. The molecule has 2 atom stereocenters. The number of nitrogens with one attached hydrogen (secondary N) is 2. The minimum atomic E-state index is -0.605.